The quantitative estimate of drug-likeness (QED) is 0.673. The first-order valence-electron chi connectivity index (χ1n) is 7.00. The Kier molecular flexibility index (Phi) is 6.19. The number of amides is 1. The molecule has 0 aliphatic rings. The van der Waals surface area contributed by atoms with Crippen molar-refractivity contribution in [1.82, 2.24) is 4.31 Å². The van der Waals surface area contributed by atoms with Gasteiger partial charge in [0.25, 0.3) is 5.91 Å². The number of halogens is 1. The number of hydrogen-bond donors (Lipinski definition) is 1. The predicted molar refractivity (Wildman–Crippen MR) is 101 cm³/mol. The fraction of sp³-hybridized carbons (Fsp3) is 0.188. The molecule has 2 rings (SSSR count). The smallest absolute Gasteiger partial charge is 0.262 e. The Morgan fingerprint density at radius 2 is 1.75 bits per heavy atom. The van der Waals surface area contributed by atoms with Crippen molar-refractivity contribution in [3.05, 3.63) is 52.1 Å². The van der Waals surface area contributed by atoms with Gasteiger partial charge < -0.3 is 10.1 Å². The summed E-state index contributed by atoms with van der Waals surface area (Å²) in [5.74, 6) is 0.134. The number of carbonyl (C=O) groups excluding carboxylic acids is 1. The van der Waals surface area contributed by atoms with Gasteiger partial charge in [-0.15, -0.1) is 0 Å². The van der Waals surface area contributed by atoms with Crippen LogP contribution < -0.4 is 10.1 Å². The van der Waals surface area contributed by atoms with E-state index in [1.54, 1.807) is 30.3 Å². The van der Waals surface area contributed by atoms with Crippen LogP contribution in [0.3, 0.4) is 0 Å². The summed E-state index contributed by atoms with van der Waals surface area (Å²) in [6.07, 6.45) is 0. The summed E-state index contributed by atoms with van der Waals surface area (Å²) in [5.41, 5.74) is 0.224. The van der Waals surface area contributed by atoms with E-state index in [0.29, 0.717) is 5.75 Å². The Bertz CT molecular complexity index is 820. The zero-order valence-electron chi connectivity index (χ0n) is 13.2. The SMILES string of the molecule is CN(C)S(=O)(=O)c1ccccc1NC(=O)COc1ccc(I)cc1. The summed E-state index contributed by atoms with van der Waals surface area (Å²) in [5, 5.41) is 2.58. The van der Waals surface area contributed by atoms with Gasteiger partial charge in [-0.3, -0.25) is 4.79 Å². The zero-order chi connectivity index (χ0) is 17.7. The van der Waals surface area contributed by atoms with Crippen molar-refractivity contribution in [1.29, 1.82) is 0 Å². The Labute approximate surface area is 155 Å². The normalized spacial score (nSPS) is 11.3. The molecule has 0 aliphatic carbocycles. The first-order chi connectivity index (χ1) is 11.3. The molecular weight excluding hydrogens is 443 g/mol. The average Bonchev–Trinajstić information content (AvgIpc) is 2.54. The fourth-order valence-electron chi connectivity index (χ4n) is 1.86. The molecule has 0 saturated carbocycles. The van der Waals surface area contributed by atoms with Gasteiger partial charge in [-0.05, 0) is 59.0 Å². The van der Waals surface area contributed by atoms with Crippen molar-refractivity contribution < 1.29 is 17.9 Å². The minimum Gasteiger partial charge on any atom is -0.484 e. The minimum absolute atomic E-state index is 0.0395. The number of nitrogens with one attached hydrogen (secondary N) is 1. The standard InChI is InChI=1S/C16H17IN2O4S/c1-19(2)24(21,22)15-6-4-3-5-14(15)18-16(20)11-23-13-9-7-12(17)8-10-13/h3-10H,11H2,1-2H3,(H,18,20). The number of rotatable bonds is 6. The number of benzene rings is 2. The average molecular weight is 460 g/mol. The first-order valence-corrected chi connectivity index (χ1v) is 9.52. The van der Waals surface area contributed by atoms with E-state index in [-0.39, 0.29) is 17.2 Å². The second kappa shape index (κ2) is 7.95. The third-order valence-corrected chi connectivity index (χ3v) is 5.70. The van der Waals surface area contributed by atoms with Crippen LogP contribution >= 0.6 is 22.6 Å². The summed E-state index contributed by atoms with van der Waals surface area (Å²) in [6.45, 7) is -0.211. The molecule has 2 aromatic rings. The highest BCUT2D eigenvalue weighted by molar-refractivity contribution is 14.1. The van der Waals surface area contributed by atoms with Crippen LogP contribution in [-0.4, -0.2) is 39.3 Å². The molecule has 128 valence electrons. The van der Waals surface area contributed by atoms with E-state index in [9.17, 15) is 13.2 Å². The monoisotopic (exact) mass is 460 g/mol. The van der Waals surface area contributed by atoms with Gasteiger partial charge in [-0.2, -0.15) is 0 Å². The molecule has 0 heterocycles. The summed E-state index contributed by atoms with van der Waals surface area (Å²) >= 11 is 2.17. The van der Waals surface area contributed by atoms with Gasteiger partial charge in [0.1, 0.15) is 10.6 Å². The third kappa shape index (κ3) is 4.68. The van der Waals surface area contributed by atoms with Crippen LogP contribution in [0.2, 0.25) is 0 Å². The molecule has 0 fully saturated rings. The van der Waals surface area contributed by atoms with Crippen LogP contribution in [0.5, 0.6) is 5.75 Å². The van der Waals surface area contributed by atoms with Gasteiger partial charge >= 0.3 is 0 Å². The van der Waals surface area contributed by atoms with Crippen molar-refractivity contribution in [3.63, 3.8) is 0 Å². The zero-order valence-corrected chi connectivity index (χ0v) is 16.2. The summed E-state index contributed by atoms with van der Waals surface area (Å²) in [4.78, 5) is 12.1. The van der Waals surface area contributed by atoms with Crippen LogP contribution in [0.25, 0.3) is 0 Å². The number of carbonyl (C=O) groups is 1. The summed E-state index contributed by atoms with van der Waals surface area (Å²) in [7, 11) is -0.771. The molecule has 0 aliphatic heterocycles. The molecule has 2 aromatic carbocycles. The van der Waals surface area contributed by atoms with Crippen LogP contribution in [0.4, 0.5) is 5.69 Å². The molecule has 0 aromatic heterocycles. The summed E-state index contributed by atoms with van der Waals surface area (Å²) in [6, 6.07) is 13.5. The highest BCUT2D eigenvalue weighted by Gasteiger charge is 2.21. The lowest BCUT2D eigenvalue weighted by molar-refractivity contribution is -0.118. The van der Waals surface area contributed by atoms with Gasteiger partial charge in [0, 0.05) is 17.7 Å². The first kappa shape index (κ1) is 18.7. The molecule has 6 nitrogen and oxygen atoms in total. The van der Waals surface area contributed by atoms with Crippen LogP contribution in [0.15, 0.2) is 53.4 Å². The molecule has 0 atom stereocenters. The van der Waals surface area contributed by atoms with Crippen molar-refractivity contribution in [2.24, 2.45) is 0 Å². The second-order valence-corrected chi connectivity index (χ2v) is 8.44. The molecular formula is C16H17IN2O4S. The maximum atomic E-state index is 12.3. The third-order valence-electron chi connectivity index (χ3n) is 3.10. The molecule has 0 bridgehead atoms. The van der Waals surface area contributed by atoms with E-state index in [1.807, 2.05) is 12.1 Å². The molecule has 1 amide bonds. The van der Waals surface area contributed by atoms with Gasteiger partial charge in [0.05, 0.1) is 5.69 Å². The highest BCUT2D eigenvalue weighted by Crippen LogP contribution is 2.23. The lowest BCUT2D eigenvalue weighted by Crippen LogP contribution is -2.25. The molecule has 0 spiro atoms. The molecule has 8 heteroatoms. The van der Waals surface area contributed by atoms with E-state index in [1.165, 1.54) is 20.2 Å². The molecule has 24 heavy (non-hydrogen) atoms. The van der Waals surface area contributed by atoms with Crippen molar-refractivity contribution in [2.45, 2.75) is 4.90 Å². The van der Waals surface area contributed by atoms with E-state index in [0.717, 1.165) is 7.88 Å². The van der Waals surface area contributed by atoms with Crippen molar-refractivity contribution in [2.75, 3.05) is 26.0 Å². The number of anilines is 1. The maximum absolute atomic E-state index is 12.3. The second-order valence-electron chi connectivity index (χ2n) is 5.07. The Balaban J connectivity index is 2.08. The molecule has 1 N–H and O–H groups in total. The predicted octanol–water partition coefficient (Wildman–Crippen LogP) is 2.56. The minimum atomic E-state index is -3.65. The van der Waals surface area contributed by atoms with E-state index >= 15 is 0 Å². The van der Waals surface area contributed by atoms with E-state index in [4.69, 9.17) is 4.74 Å². The Morgan fingerprint density at radius 1 is 1.12 bits per heavy atom. The number of ether oxygens (including phenoxy) is 1. The maximum Gasteiger partial charge on any atom is 0.262 e. The molecule has 0 radical (unpaired) electrons. The molecule has 0 unspecified atom stereocenters. The largest absolute Gasteiger partial charge is 0.484 e. The van der Waals surface area contributed by atoms with Crippen LogP contribution in [0.1, 0.15) is 0 Å². The number of nitrogens with zero attached hydrogens (tertiary/aromatic N) is 1. The van der Waals surface area contributed by atoms with Crippen LogP contribution in [-0.2, 0) is 14.8 Å². The number of sulfonamides is 1. The lowest BCUT2D eigenvalue weighted by atomic mass is 10.3. The van der Waals surface area contributed by atoms with Crippen LogP contribution in [0, 0.1) is 3.57 Å². The van der Waals surface area contributed by atoms with Crippen molar-refractivity contribution in [3.8, 4) is 5.75 Å². The Hall–Kier alpha value is -1.65. The van der Waals surface area contributed by atoms with Gasteiger partial charge in [0.2, 0.25) is 10.0 Å². The lowest BCUT2D eigenvalue weighted by Gasteiger charge is -2.15. The number of hydrogen-bond acceptors (Lipinski definition) is 4. The van der Waals surface area contributed by atoms with E-state index in [2.05, 4.69) is 27.9 Å². The van der Waals surface area contributed by atoms with E-state index < -0.39 is 15.9 Å². The Morgan fingerprint density at radius 3 is 2.38 bits per heavy atom. The van der Waals surface area contributed by atoms with Gasteiger partial charge in [0.15, 0.2) is 6.61 Å². The summed E-state index contributed by atoms with van der Waals surface area (Å²) < 4.78 is 32.1. The molecule has 0 saturated heterocycles. The number of para-hydroxylation sites is 1. The fourth-order valence-corrected chi connectivity index (χ4v) is 3.26. The van der Waals surface area contributed by atoms with Gasteiger partial charge in [-0.25, -0.2) is 12.7 Å². The van der Waals surface area contributed by atoms with Crippen molar-refractivity contribution >= 4 is 44.2 Å². The highest BCUT2D eigenvalue weighted by atomic mass is 127. The van der Waals surface area contributed by atoms with Gasteiger partial charge in [-0.1, -0.05) is 12.1 Å². The topological polar surface area (TPSA) is 75.7 Å².